The lowest BCUT2D eigenvalue weighted by atomic mass is 10.2. The van der Waals surface area contributed by atoms with Gasteiger partial charge in [0.2, 0.25) is 11.0 Å². The number of ether oxygens (including phenoxy) is 1. The fourth-order valence-corrected chi connectivity index (χ4v) is 5.26. The van der Waals surface area contributed by atoms with Gasteiger partial charge < -0.3 is 15.4 Å². The number of rotatable bonds is 9. The lowest BCUT2D eigenvalue weighted by Gasteiger charge is -2.08. The molecule has 11 heteroatoms. The van der Waals surface area contributed by atoms with E-state index in [0.29, 0.717) is 17.1 Å². The molecule has 9 nitrogen and oxygen atoms in total. The van der Waals surface area contributed by atoms with Crippen molar-refractivity contribution in [2.45, 2.75) is 36.6 Å². The van der Waals surface area contributed by atoms with Crippen molar-refractivity contribution < 1.29 is 9.53 Å². The van der Waals surface area contributed by atoms with Crippen LogP contribution in [0.4, 0.5) is 10.8 Å². The van der Waals surface area contributed by atoms with Crippen LogP contribution in [0.5, 0.6) is 0 Å². The maximum Gasteiger partial charge on any atom is 0.295 e. The molecule has 32 heavy (non-hydrogen) atoms. The highest BCUT2D eigenvalue weighted by atomic mass is 32.2. The van der Waals surface area contributed by atoms with Gasteiger partial charge >= 0.3 is 0 Å². The fourth-order valence-electron chi connectivity index (χ4n) is 3.49. The van der Waals surface area contributed by atoms with Gasteiger partial charge in [-0.1, -0.05) is 41.3 Å². The third-order valence-electron chi connectivity index (χ3n) is 5.28. The Labute approximate surface area is 194 Å². The standard InChI is InChI=1S/C21H26N6O3S2/c1-14-18(19(29)27(26(14)2)15-7-4-3-5-8-15)23-17(28)10-12-31-21-25-24-20(32-21)22-13-16-9-6-11-30-16/h3-5,7-8,16H,6,9-13H2,1-2H3,(H,22,24)(H,23,28)/t16-/m0/s1. The van der Waals surface area contributed by atoms with Gasteiger partial charge in [0.25, 0.3) is 5.56 Å². The first-order valence-electron chi connectivity index (χ1n) is 10.5. The Kier molecular flexibility index (Phi) is 7.28. The zero-order valence-corrected chi connectivity index (χ0v) is 19.7. The number of amides is 1. The van der Waals surface area contributed by atoms with Crippen LogP contribution < -0.4 is 16.2 Å². The molecule has 1 aliphatic heterocycles. The van der Waals surface area contributed by atoms with E-state index in [-0.39, 0.29) is 24.0 Å². The molecule has 0 aliphatic carbocycles. The van der Waals surface area contributed by atoms with E-state index in [0.717, 1.165) is 41.2 Å². The summed E-state index contributed by atoms with van der Waals surface area (Å²) >= 11 is 2.94. The summed E-state index contributed by atoms with van der Waals surface area (Å²) in [5.74, 6) is 0.343. The van der Waals surface area contributed by atoms with E-state index in [1.165, 1.54) is 23.1 Å². The van der Waals surface area contributed by atoms with Gasteiger partial charge in [-0.2, -0.15) is 0 Å². The van der Waals surface area contributed by atoms with Crippen LogP contribution in [-0.4, -0.2) is 50.5 Å². The van der Waals surface area contributed by atoms with Gasteiger partial charge in [-0.25, -0.2) is 4.68 Å². The smallest absolute Gasteiger partial charge is 0.295 e. The maximum atomic E-state index is 12.9. The van der Waals surface area contributed by atoms with Crippen molar-refractivity contribution in [3.05, 3.63) is 46.4 Å². The summed E-state index contributed by atoms with van der Waals surface area (Å²) in [6, 6.07) is 9.35. The van der Waals surface area contributed by atoms with Crippen molar-refractivity contribution in [1.29, 1.82) is 0 Å². The molecule has 0 saturated carbocycles. The van der Waals surface area contributed by atoms with Crippen molar-refractivity contribution in [3.8, 4) is 5.69 Å². The highest BCUT2D eigenvalue weighted by Gasteiger charge is 2.18. The van der Waals surface area contributed by atoms with Crippen molar-refractivity contribution in [2.24, 2.45) is 7.05 Å². The topological polar surface area (TPSA) is 103 Å². The molecule has 2 aromatic heterocycles. The van der Waals surface area contributed by atoms with Crippen molar-refractivity contribution >= 4 is 39.8 Å². The first-order chi connectivity index (χ1) is 15.5. The second-order valence-electron chi connectivity index (χ2n) is 7.47. The van der Waals surface area contributed by atoms with Crippen LogP contribution in [0, 0.1) is 6.92 Å². The van der Waals surface area contributed by atoms with E-state index in [1.807, 2.05) is 37.3 Å². The lowest BCUT2D eigenvalue weighted by molar-refractivity contribution is -0.115. The predicted molar refractivity (Wildman–Crippen MR) is 127 cm³/mol. The average molecular weight is 475 g/mol. The van der Waals surface area contributed by atoms with Crippen molar-refractivity contribution in [3.63, 3.8) is 0 Å². The highest BCUT2D eigenvalue weighted by molar-refractivity contribution is 8.01. The van der Waals surface area contributed by atoms with Gasteiger partial charge in [0, 0.05) is 32.4 Å². The molecule has 3 aromatic rings. The van der Waals surface area contributed by atoms with E-state index < -0.39 is 0 Å². The largest absolute Gasteiger partial charge is 0.376 e. The molecule has 0 spiro atoms. The predicted octanol–water partition coefficient (Wildman–Crippen LogP) is 3.05. The van der Waals surface area contributed by atoms with Crippen molar-refractivity contribution in [1.82, 2.24) is 19.6 Å². The number of para-hydroxylation sites is 1. The summed E-state index contributed by atoms with van der Waals surface area (Å²) < 4.78 is 9.68. The molecule has 1 atom stereocenters. The maximum absolute atomic E-state index is 12.9. The van der Waals surface area contributed by atoms with Gasteiger partial charge in [0.15, 0.2) is 4.34 Å². The average Bonchev–Trinajstić information content (AvgIpc) is 3.52. The van der Waals surface area contributed by atoms with E-state index in [1.54, 1.807) is 16.4 Å². The Bertz CT molecular complexity index is 1120. The van der Waals surface area contributed by atoms with Crippen LogP contribution in [0.2, 0.25) is 0 Å². The molecule has 0 radical (unpaired) electrons. The summed E-state index contributed by atoms with van der Waals surface area (Å²) in [6.07, 6.45) is 2.68. The molecular formula is C21H26N6O3S2. The molecular weight excluding hydrogens is 448 g/mol. The van der Waals surface area contributed by atoms with Gasteiger partial charge in [-0.05, 0) is 31.9 Å². The summed E-state index contributed by atoms with van der Waals surface area (Å²) in [7, 11) is 1.80. The van der Waals surface area contributed by atoms with Crippen LogP contribution in [0.3, 0.4) is 0 Å². The van der Waals surface area contributed by atoms with Crippen LogP contribution in [0.1, 0.15) is 25.0 Å². The number of carbonyl (C=O) groups is 1. The second-order valence-corrected chi connectivity index (χ2v) is 9.79. The molecule has 1 amide bonds. The first-order valence-corrected chi connectivity index (χ1v) is 12.3. The number of nitrogens with zero attached hydrogens (tertiary/aromatic N) is 4. The number of hydrogen-bond donors (Lipinski definition) is 2. The summed E-state index contributed by atoms with van der Waals surface area (Å²) in [4.78, 5) is 25.4. The summed E-state index contributed by atoms with van der Waals surface area (Å²) in [5, 5.41) is 15.1. The van der Waals surface area contributed by atoms with Gasteiger partial charge in [-0.3, -0.25) is 14.3 Å². The Hall–Kier alpha value is -2.63. The summed E-state index contributed by atoms with van der Waals surface area (Å²) in [5.41, 5.74) is 1.51. The third-order valence-corrected chi connectivity index (χ3v) is 7.30. The molecule has 1 aromatic carbocycles. The highest BCUT2D eigenvalue weighted by Crippen LogP contribution is 2.26. The zero-order valence-electron chi connectivity index (χ0n) is 18.0. The molecule has 3 heterocycles. The van der Waals surface area contributed by atoms with E-state index >= 15 is 0 Å². The Morgan fingerprint density at radius 1 is 1.31 bits per heavy atom. The summed E-state index contributed by atoms with van der Waals surface area (Å²) in [6.45, 7) is 3.38. The normalized spacial score (nSPS) is 15.8. The van der Waals surface area contributed by atoms with Crippen LogP contribution in [-0.2, 0) is 16.6 Å². The minimum atomic E-state index is -0.247. The number of carbonyl (C=O) groups excluding carboxylic acids is 1. The molecule has 1 aliphatic rings. The number of hydrogen-bond acceptors (Lipinski definition) is 8. The van der Waals surface area contributed by atoms with E-state index in [9.17, 15) is 9.59 Å². The minimum Gasteiger partial charge on any atom is -0.376 e. The lowest BCUT2D eigenvalue weighted by Crippen LogP contribution is -2.23. The van der Waals surface area contributed by atoms with Gasteiger partial charge in [0.1, 0.15) is 5.69 Å². The Balaban J connectivity index is 1.29. The monoisotopic (exact) mass is 474 g/mol. The number of nitrogens with one attached hydrogen (secondary N) is 2. The number of anilines is 2. The van der Waals surface area contributed by atoms with Crippen LogP contribution >= 0.6 is 23.1 Å². The van der Waals surface area contributed by atoms with Crippen molar-refractivity contribution in [2.75, 3.05) is 29.5 Å². The van der Waals surface area contributed by atoms with Crippen LogP contribution in [0.15, 0.2) is 39.5 Å². The zero-order chi connectivity index (χ0) is 22.5. The molecule has 1 fully saturated rings. The Morgan fingerprint density at radius 2 is 2.12 bits per heavy atom. The van der Waals surface area contributed by atoms with Gasteiger partial charge in [-0.15, -0.1) is 10.2 Å². The second kappa shape index (κ2) is 10.3. The fraction of sp³-hybridized carbons (Fsp3) is 0.429. The number of thioether (sulfide) groups is 1. The Morgan fingerprint density at radius 3 is 2.88 bits per heavy atom. The SMILES string of the molecule is Cc1c(NC(=O)CCSc2nnc(NC[C@@H]3CCCO3)s2)c(=O)n(-c2ccccc2)n1C. The molecule has 0 bridgehead atoms. The molecule has 4 rings (SSSR count). The van der Waals surface area contributed by atoms with E-state index in [4.69, 9.17) is 4.74 Å². The number of aromatic nitrogens is 4. The quantitative estimate of drug-likeness (QED) is 0.460. The van der Waals surface area contributed by atoms with Crippen LogP contribution in [0.25, 0.3) is 5.69 Å². The number of benzene rings is 1. The molecule has 170 valence electrons. The molecule has 1 saturated heterocycles. The van der Waals surface area contributed by atoms with E-state index in [2.05, 4.69) is 20.8 Å². The first kappa shape index (κ1) is 22.6. The minimum absolute atomic E-state index is 0.204. The molecule has 0 unspecified atom stereocenters. The molecule has 2 N–H and O–H groups in total. The van der Waals surface area contributed by atoms with Gasteiger partial charge in [0.05, 0.1) is 17.5 Å². The third kappa shape index (κ3) is 5.22.